The Morgan fingerprint density at radius 2 is 0.877 bits per heavy atom. The van der Waals surface area contributed by atoms with Crippen LogP contribution in [0.5, 0.6) is 0 Å². The van der Waals surface area contributed by atoms with E-state index in [0.717, 1.165) is 89.9 Å². The molecule has 2 atom stereocenters. The zero-order valence-corrected chi connectivity index (χ0v) is 43.6. The molecule has 0 amide bonds. The van der Waals surface area contributed by atoms with Gasteiger partial charge in [-0.15, -0.1) is 0 Å². The number of phosphoric acid groups is 1. The highest BCUT2D eigenvalue weighted by Gasteiger charge is 2.21. The number of quaternary nitrogens is 1. The maximum atomic E-state index is 12.7. The Morgan fingerprint density at radius 1 is 0.492 bits per heavy atom. The third-order valence-corrected chi connectivity index (χ3v) is 12.2. The van der Waals surface area contributed by atoms with Crippen LogP contribution >= 0.6 is 7.82 Å². The van der Waals surface area contributed by atoms with E-state index >= 15 is 0 Å². The Labute approximate surface area is 400 Å². The molecule has 0 bridgehead atoms. The first-order valence-corrected chi connectivity index (χ1v) is 28.0. The molecule has 0 aliphatic heterocycles. The van der Waals surface area contributed by atoms with Crippen LogP contribution in [0.1, 0.15) is 226 Å². The van der Waals surface area contributed by atoms with Gasteiger partial charge in [0.1, 0.15) is 19.8 Å². The quantitative estimate of drug-likeness (QED) is 0.0195. The monoisotopic (exact) mass is 934 g/mol. The molecule has 0 heterocycles. The van der Waals surface area contributed by atoms with E-state index in [-0.39, 0.29) is 26.1 Å². The number of phosphoric ester groups is 1. The molecule has 0 saturated heterocycles. The molecular weight excluding hydrogens is 834 g/mol. The topological polar surface area (TPSA) is 111 Å². The third kappa shape index (κ3) is 51.0. The molecule has 9 nitrogen and oxygen atoms in total. The molecule has 0 aliphatic carbocycles. The minimum Gasteiger partial charge on any atom is -0.756 e. The van der Waals surface area contributed by atoms with Crippen LogP contribution in [0.15, 0.2) is 60.8 Å². The smallest absolute Gasteiger partial charge is 0.306 e. The standard InChI is InChI=1S/C55H100NO8P/c1-6-8-10-12-14-16-18-19-20-21-22-23-24-25-26-27-28-29-30-31-32-33-34-35-36-37-38-40-42-44-46-48-55(58)64-53(52-63-65(59,60)62-50-49-56(3,4)5)51-61-54(57)47-45-43-41-39-17-15-13-11-9-7-2/h8,10-11,13-14,16,19-20,22-23,53H,6-7,9,12,15,17-18,21,24-52H2,1-5H3/b10-8-,13-11-,16-14-,20-19-,23-22-. The molecule has 0 spiro atoms. The van der Waals surface area contributed by atoms with Gasteiger partial charge in [0.25, 0.3) is 7.82 Å². The summed E-state index contributed by atoms with van der Waals surface area (Å²) in [6.45, 7) is 4.05. The van der Waals surface area contributed by atoms with Crippen LogP contribution in [0.3, 0.4) is 0 Å². The molecule has 0 aliphatic rings. The Bertz CT molecular complexity index is 1290. The van der Waals surface area contributed by atoms with Crippen LogP contribution in [0.25, 0.3) is 0 Å². The second-order valence-electron chi connectivity index (χ2n) is 18.9. The van der Waals surface area contributed by atoms with Crippen LogP contribution in [0.2, 0.25) is 0 Å². The van der Waals surface area contributed by atoms with Gasteiger partial charge in [0, 0.05) is 12.8 Å². The summed E-state index contributed by atoms with van der Waals surface area (Å²) < 4.78 is 34.0. The fraction of sp³-hybridized carbons (Fsp3) is 0.782. The lowest BCUT2D eigenvalue weighted by atomic mass is 10.0. The molecule has 65 heavy (non-hydrogen) atoms. The van der Waals surface area contributed by atoms with Gasteiger partial charge in [-0.3, -0.25) is 14.2 Å². The van der Waals surface area contributed by atoms with E-state index in [0.29, 0.717) is 17.4 Å². The van der Waals surface area contributed by atoms with Crippen molar-refractivity contribution in [2.24, 2.45) is 0 Å². The average molecular weight is 934 g/mol. The molecule has 0 aromatic carbocycles. The molecule has 2 unspecified atom stereocenters. The van der Waals surface area contributed by atoms with Gasteiger partial charge in [-0.05, 0) is 70.6 Å². The van der Waals surface area contributed by atoms with E-state index in [4.69, 9.17) is 18.5 Å². The highest BCUT2D eigenvalue weighted by atomic mass is 31.2. The number of esters is 2. The summed E-state index contributed by atoms with van der Waals surface area (Å²) in [4.78, 5) is 37.6. The second-order valence-corrected chi connectivity index (χ2v) is 20.3. The Hall–Kier alpha value is -2.29. The Kier molecular flexibility index (Phi) is 45.2. The molecule has 0 fully saturated rings. The van der Waals surface area contributed by atoms with Gasteiger partial charge in [0.2, 0.25) is 0 Å². The largest absolute Gasteiger partial charge is 0.756 e. The molecular formula is C55H100NO8P. The van der Waals surface area contributed by atoms with E-state index in [1.807, 2.05) is 21.1 Å². The summed E-state index contributed by atoms with van der Waals surface area (Å²) >= 11 is 0. The van der Waals surface area contributed by atoms with Crippen molar-refractivity contribution in [2.75, 3.05) is 47.5 Å². The van der Waals surface area contributed by atoms with Gasteiger partial charge < -0.3 is 27.9 Å². The number of hydrogen-bond acceptors (Lipinski definition) is 8. The zero-order chi connectivity index (χ0) is 47.8. The van der Waals surface area contributed by atoms with Crippen LogP contribution < -0.4 is 4.89 Å². The number of hydrogen-bond donors (Lipinski definition) is 0. The number of carbonyl (C=O) groups excluding carboxylic acids is 2. The number of carbonyl (C=O) groups is 2. The molecule has 0 aromatic rings. The minimum atomic E-state index is -4.63. The van der Waals surface area contributed by atoms with Gasteiger partial charge in [0.15, 0.2) is 6.10 Å². The molecule has 0 N–H and O–H groups in total. The summed E-state index contributed by atoms with van der Waals surface area (Å²) in [6, 6.07) is 0. The van der Waals surface area contributed by atoms with Crippen molar-refractivity contribution in [3.63, 3.8) is 0 Å². The Morgan fingerprint density at radius 3 is 1.32 bits per heavy atom. The fourth-order valence-electron chi connectivity index (χ4n) is 7.18. The summed E-state index contributed by atoms with van der Waals surface area (Å²) in [5.41, 5.74) is 0. The fourth-order valence-corrected chi connectivity index (χ4v) is 7.91. The average Bonchev–Trinajstić information content (AvgIpc) is 3.26. The molecule has 0 radical (unpaired) electrons. The highest BCUT2D eigenvalue weighted by Crippen LogP contribution is 2.38. The molecule has 10 heteroatoms. The zero-order valence-electron chi connectivity index (χ0n) is 42.7. The van der Waals surface area contributed by atoms with E-state index in [2.05, 4.69) is 74.6 Å². The molecule has 0 rings (SSSR count). The Balaban J connectivity index is 4.01. The molecule has 378 valence electrons. The third-order valence-electron chi connectivity index (χ3n) is 11.3. The highest BCUT2D eigenvalue weighted by molar-refractivity contribution is 7.45. The first kappa shape index (κ1) is 62.7. The summed E-state index contributed by atoms with van der Waals surface area (Å²) in [5.74, 6) is -0.843. The van der Waals surface area contributed by atoms with Crippen LogP contribution in [0.4, 0.5) is 0 Å². The van der Waals surface area contributed by atoms with Crippen molar-refractivity contribution in [1.82, 2.24) is 0 Å². The SMILES string of the molecule is CC/C=C\C/C=C\C/C=C\C/C=C\CCCCCCCCCCCCCCCCCCCCC(=O)OC(COC(=O)CCCCCCC/C=C\CCC)COP(=O)([O-])OCC[N+](C)(C)C. The summed E-state index contributed by atoms with van der Waals surface area (Å²) in [6.07, 6.45) is 58.5. The van der Waals surface area contributed by atoms with Crippen molar-refractivity contribution in [3.05, 3.63) is 60.8 Å². The van der Waals surface area contributed by atoms with Crippen molar-refractivity contribution < 1.29 is 42.1 Å². The van der Waals surface area contributed by atoms with Crippen LogP contribution in [0, 0.1) is 0 Å². The molecule has 0 saturated carbocycles. The van der Waals surface area contributed by atoms with Gasteiger partial charge in [-0.1, -0.05) is 203 Å². The van der Waals surface area contributed by atoms with Gasteiger partial charge >= 0.3 is 11.9 Å². The lowest BCUT2D eigenvalue weighted by Gasteiger charge is -2.28. The lowest BCUT2D eigenvalue weighted by Crippen LogP contribution is -2.37. The summed E-state index contributed by atoms with van der Waals surface area (Å²) in [5, 5.41) is 0. The van der Waals surface area contributed by atoms with E-state index in [9.17, 15) is 19.0 Å². The maximum absolute atomic E-state index is 12.7. The lowest BCUT2D eigenvalue weighted by molar-refractivity contribution is -0.870. The second kappa shape index (κ2) is 46.8. The predicted molar refractivity (Wildman–Crippen MR) is 273 cm³/mol. The predicted octanol–water partition coefficient (Wildman–Crippen LogP) is 15.3. The van der Waals surface area contributed by atoms with Crippen molar-refractivity contribution in [1.29, 1.82) is 0 Å². The van der Waals surface area contributed by atoms with Gasteiger partial charge in [-0.2, -0.15) is 0 Å². The first-order chi connectivity index (χ1) is 31.5. The van der Waals surface area contributed by atoms with Crippen molar-refractivity contribution in [2.45, 2.75) is 232 Å². The van der Waals surface area contributed by atoms with Gasteiger partial charge in [-0.25, -0.2) is 0 Å². The maximum Gasteiger partial charge on any atom is 0.306 e. The van der Waals surface area contributed by atoms with E-state index < -0.39 is 32.5 Å². The van der Waals surface area contributed by atoms with E-state index in [1.54, 1.807) is 0 Å². The first-order valence-electron chi connectivity index (χ1n) is 26.5. The number of allylic oxidation sites excluding steroid dienone is 10. The van der Waals surface area contributed by atoms with E-state index in [1.165, 1.54) is 103 Å². The number of likely N-dealkylation sites (N-methyl/N-ethyl adjacent to an activating group) is 1. The number of ether oxygens (including phenoxy) is 2. The van der Waals surface area contributed by atoms with Crippen molar-refractivity contribution in [3.8, 4) is 0 Å². The number of rotatable bonds is 48. The van der Waals surface area contributed by atoms with Crippen LogP contribution in [-0.4, -0.2) is 70.0 Å². The summed E-state index contributed by atoms with van der Waals surface area (Å²) in [7, 11) is 1.16. The molecule has 0 aromatic heterocycles. The van der Waals surface area contributed by atoms with Crippen molar-refractivity contribution >= 4 is 19.8 Å². The number of nitrogens with zero attached hydrogens (tertiary/aromatic N) is 1. The van der Waals surface area contributed by atoms with Crippen LogP contribution in [-0.2, 0) is 32.7 Å². The number of unbranched alkanes of at least 4 members (excludes halogenated alkanes) is 24. The minimum absolute atomic E-state index is 0.0324. The van der Waals surface area contributed by atoms with Gasteiger partial charge in [0.05, 0.1) is 27.7 Å². The normalized spacial score (nSPS) is 13.9.